The number of fused-ring (bicyclic) bond motifs is 1. The monoisotopic (exact) mass is 462 g/mol. The summed E-state index contributed by atoms with van der Waals surface area (Å²) in [4.78, 5) is 23.6. The summed E-state index contributed by atoms with van der Waals surface area (Å²) in [6, 6.07) is 18.3. The van der Waals surface area contributed by atoms with Gasteiger partial charge in [0.15, 0.2) is 13.2 Å². The lowest BCUT2D eigenvalue weighted by Crippen LogP contribution is -2.45. The normalized spacial score (nSPS) is 10.4. The van der Waals surface area contributed by atoms with E-state index >= 15 is 0 Å². The van der Waals surface area contributed by atoms with Gasteiger partial charge in [-0.1, -0.05) is 41.9 Å². The first-order valence-electron chi connectivity index (χ1n) is 8.28. The summed E-state index contributed by atoms with van der Waals surface area (Å²) in [6.45, 7) is -0.506. The Labute approximate surface area is 174 Å². The molecule has 0 spiro atoms. The maximum atomic E-state index is 11.8. The van der Waals surface area contributed by atoms with Crippen LogP contribution in [0.4, 0.5) is 0 Å². The van der Waals surface area contributed by atoms with Crippen molar-refractivity contribution >= 4 is 50.1 Å². The van der Waals surface area contributed by atoms with Crippen molar-refractivity contribution in [2.45, 2.75) is 0 Å². The van der Waals surface area contributed by atoms with E-state index in [4.69, 9.17) is 21.1 Å². The lowest BCUT2D eigenvalue weighted by molar-refractivity contribution is -0.131. The molecule has 0 radical (unpaired) electrons. The highest BCUT2D eigenvalue weighted by Crippen LogP contribution is 2.27. The second-order valence-electron chi connectivity index (χ2n) is 5.76. The highest BCUT2D eigenvalue weighted by atomic mass is 79.9. The molecule has 0 unspecified atom stereocenters. The van der Waals surface area contributed by atoms with Crippen LogP contribution in [0.5, 0.6) is 11.5 Å². The Bertz CT molecular complexity index is 1010. The standard InChI is InChI=1S/C20H16BrClN2O4/c21-17-10-15(22)6-8-18(17)28-12-20(26)24-23-19(25)11-27-16-7-5-13-3-1-2-4-14(13)9-16/h1-10H,11-12H2,(H,23,25)(H,24,26). The van der Waals surface area contributed by atoms with Crippen molar-refractivity contribution in [3.05, 3.63) is 70.2 Å². The number of hydrogen-bond donors (Lipinski definition) is 2. The van der Waals surface area contributed by atoms with Crippen molar-refractivity contribution in [1.29, 1.82) is 0 Å². The first-order valence-corrected chi connectivity index (χ1v) is 9.45. The summed E-state index contributed by atoms with van der Waals surface area (Å²) in [5.74, 6) is 0.0247. The minimum atomic E-state index is -0.513. The maximum Gasteiger partial charge on any atom is 0.276 e. The number of ether oxygens (including phenoxy) is 2. The lowest BCUT2D eigenvalue weighted by Gasteiger charge is -2.11. The predicted molar refractivity (Wildman–Crippen MR) is 110 cm³/mol. The number of nitrogens with one attached hydrogen (secondary N) is 2. The molecule has 28 heavy (non-hydrogen) atoms. The Morgan fingerprint density at radius 2 is 1.54 bits per heavy atom. The van der Waals surface area contributed by atoms with Crippen molar-refractivity contribution in [2.75, 3.05) is 13.2 Å². The van der Waals surface area contributed by atoms with Crippen LogP contribution in [0.15, 0.2) is 65.1 Å². The summed E-state index contributed by atoms with van der Waals surface area (Å²) in [7, 11) is 0. The summed E-state index contributed by atoms with van der Waals surface area (Å²) < 4.78 is 11.4. The number of hydrogen-bond acceptors (Lipinski definition) is 4. The van der Waals surface area contributed by atoms with Crippen LogP contribution in [0, 0.1) is 0 Å². The Hall–Kier alpha value is -2.77. The Kier molecular flexibility index (Phi) is 6.73. The first-order chi connectivity index (χ1) is 13.5. The third kappa shape index (κ3) is 5.61. The molecule has 3 rings (SSSR count). The Morgan fingerprint density at radius 3 is 2.25 bits per heavy atom. The first kappa shape index (κ1) is 20.0. The van der Waals surface area contributed by atoms with Crippen LogP contribution in [0.2, 0.25) is 5.02 Å². The molecule has 0 heterocycles. The summed E-state index contributed by atoms with van der Waals surface area (Å²) in [6.07, 6.45) is 0. The molecular formula is C20H16BrClN2O4. The van der Waals surface area contributed by atoms with Gasteiger partial charge in [0.25, 0.3) is 11.8 Å². The molecule has 0 saturated heterocycles. The van der Waals surface area contributed by atoms with Crippen LogP contribution in [0.1, 0.15) is 0 Å². The quantitative estimate of drug-likeness (QED) is 0.544. The van der Waals surface area contributed by atoms with E-state index in [2.05, 4.69) is 26.8 Å². The average Bonchev–Trinajstić information content (AvgIpc) is 2.70. The van der Waals surface area contributed by atoms with Gasteiger partial charge in [-0.3, -0.25) is 20.4 Å². The maximum absolute atomic E-state index is 11.8. The second-order valence-corrected chi connectivity index (χ2v) is 7.05. The molecule has 2 N–H and O–H groups in total. The van der Waals surface area contributed by atoms with Gasteiger partial charge in [-0.25, -0.2) is 0 Å². The average molecular weight is 464 g/mol. The molecule has 0 aliphatic heterocycles. The molecule has 0 saturated carbocycles. The Balaban J connectivity index is 1.41. The molecule has 0 aromatic heterocycles. The number of carbonyl (C=O) groups is 2. The van der Waals surface area contributed by atoms with Gasteiger partial charge in [0.05, 0.1) is 4.47 Å². The highest BCUT2D eigenvalue weighted by molar-refractivity contribution is 9.10. The van der Waals surface area contributed by atoms with E-state index in [0.29, 0.717) is 21.0 Å². The predicted octanol–water partition coefficient (Wildman–Crippen LogP) is 3.86. The fourth-order valence-electron chi connectivity index (χ4n) is 2.35. The van der Waals surface area contributed by atoms with Gasteiger partial charge in [0, 0.05) is 5.02 Å². The zero-order valence-corrected chi connectivity index (χ0v) is 16.9. The van der Waals surface area contributed by atoms with Gasteiger partial charge in [-0.15, -0.1) is 0 Å². The van der Waals surface area contributed by atoms with E-state index in [1.54, 1.807) is 24.3 Å². The molecule has 0 aliphatic rings. The van der Waals surface area contributed by atoms with Crippen molar-refractivity contribution in [1.82, 2.24) is 10.9 Å². The van der Waals surface area contributed by atoms with E-state index in [1.165, 1.54) is 0 Å². The van der Waals surface area contributed by atoms with Crippen LogP contribution in [0.25, 0.3) is 10.8 Å². The van der Waals surface area contributed by atoms with Gasteiger partial charge < -0.3 is 9.47 Å². The van der Waals surface area contributed by atoms with Crippen LogP contribution in [0.3, 0.4) is 0 Å². The van der Waals surface area contributed by atoms with E-state index in [1.807, 2.05) is 36.4 Å². The fraction of sp³-hybridized carbons (Fsp3) is 0.100. The van der Waals surface area contributed by atoms with E-state index in [9.17, 15) is 9.59 Å². The molecule has 2 amide bonds. The fourth-order valence-corrected chi connectivity index (χ4v) is 3.15. The van der Waals surface area contributed by atoms with Crippen molar-refractivity contribution in [3.8, 4) is 11.5 Å². The number of hydrazine groups is 1. The van der Waals surface area contributed by atoms with Crippen molar-refractivity contribution < 1.29 is 19.1 Å². The number of amides is 2. The minimum absolute atomic E-state index is 0.234. The number of rotatable bonds is 6. The smallest absolute Gasteiger partial charge is 0.276 e. The van der Waals surface area contributed by atoms with Crippen molar-refractivity contribution in [3.63, 3.8) is 0 Å². The summed E-state index contributed by atoms with van der Waals surface area (Å²) >= 11 is 9.13. The third-order valence-corrected chi connectivity index (χ3v) is 4.54. The Morgan fingerprint density at radius 1 is 0.857 bits per heavy atom. The lowest BCUT2D eigenvalue weighted by atomic mass is 10.1. The van der Waals surface area contributed by atoms with Crippen LogP contribution in [-0.4, -0.2) is 25.0 Å². The molecule has 0 bridgehead atoms. The molecule has 0 aliphatic carbocycles. The molecular weight excluding hydrogens is 448 g/mol. The second kappa shape index (κ2) is 9.43. The summed E-state index contributed by atoms with van der Waals surface area (Å²) in [5, 5.41) is 2.64. The van der Waals surface area contributed by atoms with Gasteiger partial charge in [0.1, 0.15) is 11.5 Å². The number of carbonyl (C=O) groups excluding carboxylic acids is 2. The number of benzene rings is 3. The largest absolute Gasteiger partial charge is 0.484 e. The zero-order chi connectivity index (χ0) is 19.9. The van der Waals surface area contributed by atoms with Gasteiger partial charge in [-0.2, -0.15) is 0 Å². The molecule has 3 aromatic carbocycles. The molecule has 3 aromatic rings. The molecule has 144 valence electrons. The SMILES string of the molecule is O=C(COc1ccc2ccccc2c1)NNC(=O)COc1ccc(Cl)cc1Br. The van der Waals surface area contributed by atoms with Crippen LogP contribution < -0.4 is 20.3 Å². The number of halogens is 2. The molecule has 0 atom stereocenters. The van der Waals surface area contributed by atoms with Gasteiger partial charge >= 0.3 is 0 Å². The van der Waals surface area contributed by atoms with Gasteiger partial charge in [-0.05, 0) is 57.0 Å². The molecule has 6 nitrogen and oxygen atoms in total. The third-order valence-electron chi connectivity index (χ3n) is 3.68. The zero-order valence-electron chi connectivity index (χ0n) is 14.6. The topological polar surface area (TPSA) is 76.7 Å². The molecule has 8 heteroatoms. The van der Waals surface area contributed by atoms with E-state index in [-0.39, 0.29) is 13.2 Å². The molecule has 0 fully saturated rings. The van der Waals surface area contributed by atoms with Gasteiger partial charge in [0.2, 0.25) is 0 Å². The van der Waals surface area contributed by atoms with Crippen molar-refractivity contribution in [2.24, 2.45) is 0 Å². The summed E-state index contributed by atoms with van der Waals surface area (Å²) in [5.41, 5.74) is 4.54. The van der Waals surface area contributed by atoms with E-state index in [0.717, 1.165) is 10.8 Å². The van der Waals surface area contributed by atoms with Crippen LogP contribution >= 0.6 is 27.5 Å². The highest BCUT2D eigenvalue weighted by Gasteiger charge is 2.08. The van der Waals surface area contributed by atoms with Crippen LogP contribution in [-0.2, 0) is 9.59 Å². The minimum Gasteiger partial charge on any atom is -0.484 e. The van der Waals surface area contributed by atoms with E-state index < -0.39 is 11.8 Å².